The van der Waals surface area contributed by atoms with Crippen LogP contribution in [0.25, 0.3) is 11.3 Å². The fraction of sp³-hybridized carbons (Fsp3) is 0.231. The van der Waals surface area contributed by atoms with Crippen LogP contribution in [0.15, 0.2) is 18.2 Å². The Kier molecular flexibility index (Phi) is 3.41. The van der Waals surface area contributed by atoms with E-state index < -0.39 is 5.97 Å². The standard InChI is InChI=1S/C13H14N2O4/c1-7-11(13(16)17)12(15-14-7)9-6-8(18-2)4-5-10(9)19-3/h4-6H,1-3H3,(H,14,15)(H,16,17). The fourth-order valence-electron chi connectivity index (χ4n) is 1.88. The second kappa shape index (κ2) is 5.01. The van der Waals surface area contributed by atoms with Crippen molar-refractivity contribution in [2.45, 2.75) is 6.92 Å². The van der Waals surface area contributed by atoms with E-state index in [-0.39, 0.29) is 5.56 Å². The van der Waals surface area contributed by atoms with Crippen LogP contribution in [0.3, 0.4) is 0 Å². The van der Waals surface area contributed by atoms with E-state index in [0.717, 1.165) is 0 Å². The highest BCUT2D eigenvalue weighted by Gasteiger charge is 2.21. The number of ether oxygens (including phenoxy) is 2. The molecule has 0 saturated heterocycles. The molecule has 0 aliphatic rings. The maximum atomic E-state index is 11.3. The molecule has 19 heavy (non-hydrogen) atoms. The van der Waals surface area contributed by atoms with Crippen LogP contribution >= 0.6 is 0 Å². The molecule has 0 fully saturated rings. The number of carbonyl (C=O) groups is 1. The number of aryl methyl sites for hydroxylation is 1. The number of aromatic amines is 1. The Balaban J connectivity index is 2.67. The number of carboxylic acids is 1. The Morgan fingerprint density at radius 3 is 2.63 bits per heavy atom. The summed E-state index contributed by atoms with van der Waals surface area (Å²) < 4.78 is 10.4. The first-order valence-corrected chi connectivity index (χ1v) is 5.59. The minimum atomic E-state index is -1.04. The highest BCUT2D eigenvalue weighted by molar-refractivity contribution is 5.97. The van der Waals surface area contributed by atoms with Crippen molar-refractivity contribution in [2.24, 2.45) is 0 Å². The van der Waals surface area contributed by atoms with Crippen LogP contribution < -0.4 is 9.47 Å². The number of carboxylic acid groups (broad SMARTS) is 1. The Labute approximate surface area is 110 Å². The maximum Gasteiger partial charge on any atom is 0.339 e. The zero-order valence-corrected chi connectivity index (χ0v) is 10.9. The smallest absolute Gasteiger partial charge is 0.339 e. The van der Waals surface area contributed by atoms with Gasteiger partial charge >= 0.3 is 5.97 Å². The highest BCUT2D eigenvalue weighted by Crippen LogP contribution is 2.34. The Hall–Kier alpha value is -2.50. The fourth-order valence-corrected chi connectivity index (χ4v) is 1.88. The number of aromatic nitrogens is 2. The number of rotatable bonds is 4. The number of nitrogens with one attached hydrogen (secondary N) is 1. The van der Waals surface area contributed by atoms with Gasteiger partial charge in [-0.25, -0.2) is 4.79 Å². The summed E-state index contributed by atoms with van der Waals surface area (Å²) in [4.78, 5) is 11.3. The van der Waals surface area contributed by atoms with Crippen molar-refractivity contribution in [3.8, 4) is 22.8 Å². The monoisotopic (exact) mass is 262 g/mol. The van der Waals surface area contributed by atoms with Gasteiger partial charge in [-0.3, -0.25) is 5.10 Å². The highest BCUT2D eigenvalue weighted by atomic mass is 16.5. The Morgan fingerprint density at radius 2 is 2.05 bits per heavy atom. The lowest BCUT2D eigenvalue weighted by Crippen LogP contribution is -2.00. The number of methoxy groups -OCH3 is 2. The SMILES string of the molecule is COc1ccc(OC)c(-c2n[nH]c(C)c2C(=O)O)c1. The summed E-state index contributed by atoms with van der Waals surface area (Å²) in [7, 11) is 3.06. The summed E-state index contributed by atoms with van der Waals surface area (Å²) in [5.74, 6) is 0.105. The molecule has 1 heterocycles. The summed E-state index contributed by atoms with van der Waals surface area (Å²) in [5.41, 5.74) is 1.53. The topological polar surface area (TPSA) is 84.4 Å². The van der Waals surface area contributed by atoms with Gasteiger partial charge in [0.2, 0.25) is 0 Å². The van der Waals surface area contributed by atoms with Gasteiger partial charge in [0.1, 0.15) is 22.8 Å². The van der Waals surface area contributed by atoms with Crippen molar-refractivity contribution in [1.29, 1.82) is 0 Å². The number of benzene rings is 1. The summed E-state index contributed by atoms with van der Waals surface area (Å²) in [6.45, 7) is 1.66. The molecular formula is C13H14N2O4. The average Bonchev–Trinajstić information content (AvgIpc) is 2.79. The van der Waals surface area contributed by atoms with Crippen LogP contribution in [0, 0.1) is 6.92 Å². The van der Waals surface area contributed by atoms with Crippen LogP contribution in [0.4, 0.5) is 0 Å². The minimum Gasteiger partial charge on any atom is -0.497 e. The van der Waals surface area contributed by atoms with Crippen molar-refractivity contribution in [1.82, 2.24) is 10.2 Å². The van der Waals surface area contributed by atoms with Gasteiger partial charge in [0.05, 0.1) is 14.2 Å². The third kappa shape index (κ3) is 2.24. The molecule has 0 amide bonds. The maximum absolute atomic E-state index is 11.3. The van der Waals surface area contributed by atoms with Gasteiger partial charge in [0.15, 0.2) is 0 Å². The molecule has 1 aromatic heterocycles. The average molecular weight is 262 g/mol. The Morgan fingerprint density at radius 1 is 1.32 bits per heavy atom. The second-order valence-corrected chi connectivity index (χ2v) is 3.94. The molecule has 0 atom stereocenters. The largest absolute Gasteiger partial charge is 0.497 e. The normalized spacial score (nSPS) is 10.3. The van der Waals surface area contributed by atoms with Crippen molar-refractivity contribution in [3.63, 3.8) is 0 Å². The summed E-state index contributed by atoms with van der Waals surface area (Å²) in [6, 6.07) is 5.15. The van der Waals surface area contributed by atoms with Crippen LogP contribution in [0.5, 0.6) is 11.5 Å². The molecule has 0 unspecified atom stereocenters. The molecule has 0 aliphatic carbocycles. The van der Waals surface area contributed by atoms with Crippen molar-refractivity contribution >= 4 is 5.97 Å². The molecule has 0 spiro atoms. The van der Waals surface area contributed by atoms with Crippen molar-refractivity contribution in [2.75, 3.05) is 14.2 Å². The van der Waals surface area contributed by atoms with Gasteiger partial charge in [0.25, 0.3) is 0 Å². The third-order valence-corrected chi connectivity index (χ3v) is 2.82. The summed E-state index contributed by atoms with van der Waals surface area (Å²) >= 11 is 0. The predicted molar refractivity (Wildman–Crippen MR) is 68.8 cm³/mol. The van der Waals surface area contributed by atoms with Crippen molar-refractivity contribution in [3.05, 3.63) is 29.5 Å². The van der Waals surface area contributed by atoms with Gasteiger partial charge in [-0.05, 0) is 25.1 Å². The lowest BCUT2D eigenvalue weighted by atomic mass is 10.0. The van der Waals surface area contributed by atoms with Crippen LogP contribution in [-0.4, -0.2) is 35.5 Å². The quantitative estimate of drug-likeness (QED) is 0.881. The first-order chi connectivity index (χ1) is 9.08. The van der Waals surface area contributed by atoms with E-state index in [2.05, 4.69) is 10.2 Å². The zero-order chi connectivity index (χ0) is 14.0. The van der Waals surface area contributed by atoms with E-state index in [9.17, 15) is 9.90 Å². The van der Waals surface area contributed by atoms with Crippen LogP contribution in [-0.2, 0) is 0 Å². The lowest BCUT2D eigenvalue weighted by molar-refractivity contribution is 0.0697. The number of hydrogen-bond donors (Lipinski definition) is 2. The third-order valence-electron chi connectivity index (χ3n) is 2.82. The molecular weight excluding hydrogens is 248 g/mol. The van der Waals surface area contributed by atoms with Crippen molar-refractivity contribution < 1.29 is 19.4 Å². The van der Waals surface area contributed by atoms with E-state index in [1.54, 1.807) is 32.2 Å². The van der Waals surface area contributed by atoms with Gasteiger partial charge in [-0.1, -0.05) is 0 Å². The first kappa shape index (κ1) is 12.9. The minimum absolute atomic E-state index is 0.131. The van der Waals surface area contributed by atoms with E-state index in [1.165, 1.54) is 7.11 Å². The van der Waals surface area contributed by atoms with Gasteiger partial charge in [-0.2, -0.15) is 5.10 Å². The van der Waals surface area contributed by atoms with E-state index in [1.807, 2.05) is 0 Å². The molecule has 100 valence electrons. The number of hydrogen-bond acceptors (Lipinski definition) is 4. The molecule has 0 aliphatic heterocycles. The summed E-state index contributed by atoms with van der Waals surface area (Å²) in [5, 5.41) is 16.0. The molecule has 0 radical (unpaired) electrons. The first-order valence-electron chi connectivity index (χ1n) is 5.59. The molecule has 2 N–H and O–H groups in total. The summed E-state index contributed by atoms with van der Waals surface area (Å²) in [6.07, 6.45) is 0. The van der Waals surface area contributed by atoms with E-state index >= 15 is 0 Å². The van der Waals surface area contributed by atoms with Crippen LogP contribution in [0.1, 0.15) is 16.1 Å². The Bertz CT molecular complexity index is 619. The second-order valence-electron chi connectivity index (χ2n) is 3.94. The van der Waals surface area contributed by atoms with Gasteiger partial charge in [0, 0.05) is 11.3 Å². The zero-order valence-electron chi connectivity index (χ0n) is 10.9. The molecule has 0 saturated carbocycles. The lowest BCUT2D eigenvalue weighted by Gasteiger charge is -2.09. The molecule has 0 bridgehead atoms. The van der Waals surface area contributed by atoms with Gasteiger partial charge in [-0.15, -0.1) is 0 Å². The molecule has 6 nitrogen and oxygen atoms in total. The number of H-pyrrole nitrogens is 1. The molecule has 6 heteroatoms. The number of nitrogens with zero attached hydrogens (tertiary/aromatic N) is 1. The van der Waals surface area contributed by atoms with E-state index in [0.29, 0.717) is 28.5 Å². The molecule has 2 aromatic rings. The number of aromatic carboxylic acids is 1. The van der Waals surface area contributed by atoms with E-state index in [4.69, 9.17) is 9.47 Å². The van der Waals surface area contributed by atoms with Crippen LogP contribution in [0.2, 0.25) is 0 Å². The molecule has 1 aromatic carbocycles. The van der Waals surface area contributed by atoms with Gasteiger partial charge < -0.3 is 14.6 Å². The molecule has 2 rings (SSSR count). The predicted octanol–water partition coefficient (Wildman–Crippen LogP) is 2.10.